The number of amides is 1. The third kappa shape index (κ3) is 7.26. The Morgan fingerprint density at radius 3 is 2.37 bits per heavy atom. The van der Waals surface area contributed by atoms with Gasteiger partial charge in [-0.1, -0.05) is 56.0 Å². The number of ether oxygens (including phenoxy) is 4. The summed E-state index contributed by atoms with van der Waals surface area (Å²) < 4.78 is 39.7. The van der Waals surface area contributed by atoms with Gasteiger partial charge in [0, 0.05) is 37.7 Å². The van der Waals surface area contributed by atoms with Gasteiger partial charge in [0.2, 0.25) is 5.91 Å². The van der Waals surface area contributed by atoms with Crippen LogP contribution in [0.1, 0.15) is 5.56 Å². The standard InChI is InChI=1S/C33H40FN3O5Si/c1-39-26-12-9-13-27(40-2)29(26)24-18-37(21-41-16-17-43(3,4)5)32-23(24)14-15-28(35-32)36-33(38)30-25(31(30)34)20-42-19-22-10-7-6-8-11-22/h6-15,18,25,30-31H,16-17,19-21H2,1-5H3,(H,35,36,38)/t25?,30?,31-/m0/s1. The highest BCUT2D eigenvalue weighted by molar-refractivity contribution is 6.76. The number of anilines is 1. The molecule has 2 unspecified atom stereocenters. The molecule has 1 aliphatic carbocycles. The zero-order chi connectivity index (χ0) is 30.6. The SMILES string of the molecule is COc1cccc(OC)c1-c1cn(COCC[Si](C)(C)C)c2nc(NC(=O)C3C(COCc4ccccc4)[C@@H]3F)ccc12. The van der Waals surface area contributed by atoms with Crippen molar-refractivity contribution >= 4 is 30.8 Å². The fraction of sp³-hybridized carbons (Fsp3) is 0.394. The number of methoxy groups -OCH3 is 2. The van der Waals surface area contributed by atoms with Gasteiger partial charge in [0.1, 0.15) is 35.9 Å². The fourth-order valence-electron chi connectivity index (χ4n) is 5.15. The van der Waals surface area contributed by atoms with Gasteiger partial charge in [0.15, 0.2) is 0 Å². The Hall–Kier alpha value is -3.73. The summed E-state index contributed by atoms with van der Waals surface area (Å²) in [7, 11) is 1.99. The zero-order valence-corrected chi connectivity index (χ0v) is 26.4. The monoisotopic (exact) mass is 605 g/mol. The van der Waals surface area contributed by atoms with Gasteiger partial charge in [-0.3, -0.25) is 4.79 Å². The van der Waals surface area contributed by atoms with Crippen LogP contribution in [-0.4, -0.2) is 57.1 Å². The summed E-state index contributed by atoms with van der Waals surface area (Å²) in [5, 5.41) is 3.67. The minimum atomic E-state index is -1.26. The molecule has 1 N–H and O–H groups in total. The molecule has 1 saturated carbocycles. The number of benzene rings is 2. The van der Waals surface area contributed by atoms with Gasteiger partial charge in [0.25, 0.3) is 0 Å². The van der Waals surface area contributed by atoms with E-state index in [0.29, 0.717) is 42.9 Å². The van der Waals surface area contributed by atoms with Crippen molar-refractivity contribution in [3.05, 3.63) is 72.4 Å². The van der Waals surface area contributed by atoms with E-state index in [9.17, 15) is 9.18 Å². The molecule has 2 heterocycles. The van der Waals surface area contributed by atoms with E-state index in [1.807, 2.05) is 65.4 Å². The molecule has 1 amide bonds. The fourth-order valence-corrected chi connectivity index (χ4v) is 5.91. The number of alkyl halides is 1. The summed E-state index contributed by atoms with van der Waals surface area (Å²) in [5.41, 5.74) is 3.30. The maximum atomic E-state index is 14.6. The Bertz CT molecular complexity index is 1530. The van der Waals surface area contributed by atoms with Crippen LogP contribution in [0, 0.1) is 11.8 Å². The van der Waals surface area contributed by atoms with Gasteiger partial charge < -0.3 is 28.8 Å². The molecule has 5 rings (SSSR count). The van der Waals surface area contributed by atoms with Crippen molar-refractivity contribution in [2.45, 2.75) is 45.2 Å². The highest BCUT2D eigenvalue weighted by Crippen LogP contribution is 2.44. The van der Waals surface area contributed by atoms with Crippen LogP contribution in [0.25, 0.3) is 22.2 Å². The first-order valence-electron chi connectivity index (χ1n) is 14.6. The topological polar surface area (TPSA) is 83.8 Å². The van der Waals surface area contributed by atoms with Crippen molar-refractivity contribution in [3.63, 3.8) is 0 Å². The Morgan fingerprint density at radius 2 is 1.70 bits per heavy atom. The number of carbonyl (C=O) groups excluding carboxylic acids is 1. The van der Waals surface area contributed by atoms with Crippen LogP contribution < -0.4 is 14.8 Å². The number of rotatable bonds is 14. The van der Waals surface area contributed by atoms with E-state index < -0.39 is 32.0 Å². The molecule has 10 heteroatoms. The Morgan fingerprint density at radius 1 is 0.977 bits per heavy atom. The Labute approximate surface area is 253 Å². The molecule has 0 bridgehead atoms. The van der Waals surface area contributed by atoms with Gasteiger partial charge >= 0.3 is 0 Å². The molecule has 0 radical (unpaired) electrons. The first-order chi connectivity index (χ1) is 20.7. The first-order valence-corrected chi connectivity index (χ1v) is 18.3. The number of hydrogen-bond acceptors (Lipinski definition) is 6. The minimum absolute atomic E-state index is 0.183. The molecule has 0 aliphatic heterocycles. The Kier molecular flexibility index (Phi) is 9.48. The molecule has 4 aromatic rings. The lowest BCUT2D eigenvalue weighted by Gasteiger charge is -2.15. The lowest BCUT2D eigenvalue weighted by Crippen LogP contribution is -2.22. The van der Waals surface area contributed by atoms with Crippen molar-refractivity contribution < 1.29 is 28.1 Å². The summed E-state index contributed by atoms with van der Waals surface area (Å²) >= 11 is 0. The zero-order valence-electron chi connectivity index (χ0n) is 25.4. The largest absolute Gasteiger partial charge is 0.496 e. The van der Waals surface area contributed by atoms with Gasteiger partial charge in [-0.25, -0.2) is 9.37 Å². The highest BCUT2D eigenvalue weighted by atomic mass is 28.3. The molecule has 1 fully saturated rings. The number of fused-ring (bicyclic) bond motifs is 1. The molecule has 2 aromatic heterocycles. The van der Waals surface area contributed by atoms with E-state index in [0.717, 1.165) is 28.1 Å². The lowest BCUT2D eigenvalue weighted by atomic mass is 10.0. The minimum Gasteiger partial charge on any atom is -0.496 e. The number of nitrogens with one attached hydrogen (secondary N) is 1. The van der Waals surface area contributed by atoms with E-state index in [-0.39, 0.29) is 6.61 Å². The van der Waals surface area contributed by atoms with Crippen LogP contribution in [0.3, 0.4) is 0 Å². The first kappa shape index (κ1) is 30.7. The molecular formula is C33H40FN3O5Si. The van der Waals surface area contributed by atoms with Gasteiger partial charge in [-0.15, -0.1) is 0 Å². The predicted octanol–water partition coefficient (Wildman–Crippen LogP) is 6.77. The maximum absolute atomic E-state index is 14.6. The smallest absolute Gasteiger partial charge is 0.232 e. The molecule has 8 nitrogen and oxygen atoms in total. The highest BCUT2D eigenvalue weighted by Gasteiger charge is 2.56. The number of carbonyl (C=O) groups is 1. The summed E-state index contributed by atoms with van der Waals surface area (Å²) in [4.78, 5) is 17.8. The van der Waals surface area contributed by atoms with Crippen LogP contribution in [0.5, 0.6) is 11.5 Å². The lowest BCUT2D eigenvalue weighted by molar-refractivity contribution is -0.118. The van der Waals surface area contributed by atoms with Crippen LogP contribution in [0.15, 0.2) is 66.9 Å². The maximum Gasteiger partial charge on any atom is 0.232 e. The van der Waals surface area contributed by atoms with Gasteiger partial charge in [-0.05, 0) is 35.9 Å². The average Bonchev–Trinajstić information content (AvgIpc) is 3.50. The average molecular weight is 606 g/mol. The molecule has 0 saturated heterocycles. The number of aromatic nitrogens is 2. The van der Waals surface area contributed by atoms with Crippen molar-refractivity contribution in [1.29, 1.82) is 0 Å². The summed E-state index contributed by atoms with van der Waals surface area (Å²) in [6.07, 6.45) is 0.726. The van der Waals surface area contributed by atoms with Crippen LogP contribution in [-0.2, 0) is 27.6 Å². The van der Waals surface area contributed by atoms with Crippen LogP contribution in [0.2, 0.25) is 25.7 Å². The quantitative estimate of drug-likeness (QED) is 0.126. The number of hydrogen-bond donors (Lipinski definition) is 1. The van der Waals surface area contributed by atoms with Crippen LogP contribution >= 0.6 is 0 Å². The van der Waals surface area contributed by atoms with Crippen molar-refractivity contribution in [1.82, 2.24) is 9.55 Å². The van der Waals surface area contributed by atoms with Crippen molar-refractivity contribution in [2.24, 2.45) is 11.8 Å². The normalized spacial score (nSPS) is 18.0. The third-order valence-corrected chi connectivity index (χ3v) is 9.40. The summed E-state index contributed by atoms with van der Waals surface area (Å²) in [6.45, 7) is 8.43. The molecule has 43 heavy (non-hydrogen) atoms. The summed E-state index contributed by atoms with van der Waals surface area (Å²) in [6, 6.07) is 20.0. The molecule has 1 aliphatic rings. The second-order valence-electron chi connectivity index (χ2n) is 12.1. The van der Waals surface area contributed by atoms with E-state index in [4.69, 9.17) is 23.9 Å². The van der Waals surface area contributed by atoms with E-state index >= 15 is 0 Å². The van der Waals surface area contributed by atoms with Gasteiger partial charge in [-0.2, -0.15) is 0 Å². The Balaban J connectivity index is 1.35. The summed E-state index contributed by atoms with van der Waals surface area (Å²) in [5.74, 6) is 0.0423. The second-order valence-corrected chi connectivity index (χ2v) is 17.7. The van der Waals surface area contributed by atoms with Gasteiger partial charge in [0.05, 0.1) is 38.9 Å². The number of pyridine rings is 1. The predicted molar refractivity (Wildman–Crippen MR) is 169 cm³/mol. The molecular weight excluding hydrogens is 565 g/mol. The van der Waals surface area contributed by atoms with Crippen LogP contribution in [0.4, 0.5) is 10.2 Å². The number of nitrogens with zero attached hydrogens (tertiary/aromatic N) is 2. The van der Waals surface area contributed by atoms with Crippen molar-refractivity contribution in [2.75, 3.05) is 32.8 Å². The van der Waals surface area contributed by atoms with E-state index in [1.54, 1.807) is 20.3 Å². The van der Waals surface area contributed by atoms with Crippen molar-refractivity contribution in [3.8, 4) is 22.6 Å². The molecule has 3 atom stereocenters. The number of halogens is 1. The molecule has 2 aromatic carbocycles. The third-order valence-electron chi connectivity index (χ3n) is 7.69. The molecule has 228 valence electrons. The second kappa shape index (κ2) is 13.3. The van der Waals surface area contributed by atoms with E-state index in [1.165, 1.54) is 0 Å². The molecule has 0 spiro atoms. The van der Waals surface area contributed by atoms with E-state index in [2.05, 4.69) is 25.0 Å².